The van der Waals surface area contributed by atoms with Crippen LogP contribution in [0.2, 0.25) is 19.6 Å². The van der Waals surface area contributed by atoms with Gasteiger partial charge in [-0.3, -0.25) is 0 Å². The molecule has 5 saturated carbocycles. The Labute approximate surface area is 201 Å². The summed E-state index contributed by atoms with van der Waals surface area (Å²) in [6.07, 6.45) is 10.3. The first-order valence-corrected chi connectivity index (χ1v) is 17.1. The van der Waals surface area contributed by atoms with Crippen LogP contribution in [-0.4, -0.2) is 49.6 Å². The van der Waals surface area contributed by atoms with E-state index < -0.39 is 13.9 Å². The van der Waals surface area contributed by atoms with Crippen molar-refractivity contribution in [2.75, 3.05) is 13.7 Å². The molecule has 0 aromatic rings. The zero-order chi connectivity index (χ0) is 23.6. The van der Waals surface area contributed by atoms with Crippen molar-refractivity contribution in [1.29, 1.82) is 0 Å². The molecule has 0 radical (unpaired) electrons. The first-order chi connectivity index (χ1) is 15.4. The zero-order valence-electron chi connectivity index (χ0n) is 21.7. The Balaban J connectivity index is 1.29. The second kappa shape index (κ2) is 6.97. The fourth-order valence-corrected chi connectivity index (χ4v) is 11.1. The standard InChI is InChI=1S/C28H46O4Si/c1-25-11-8-17(29)16-27(25,30)21-14-18(21)23-20(25)9-12-26(2)24(23)19-15-22(19)28(26,31-3)10-7-13-32-33(4,5)6/h14,17-20,22-24,29-30H,7-13,15-16H2,1-6H3. The van der Waals surface area contributed by atoms with Crippen LogP contribution in [0.25, 0.3) is 0 Å². The number of fused-ring (bicyclic) bond motifs is 10. The molecule has 0 spiro atoms. The van der Waals surface area contributed by atoms with Crippen LogP contribution in [0.5, 0.6) is 0 Å². The molecule has 11 unspecified atom stereocenters. The fraction of sp³-hybridized carbons (Fsp3) is 0.929. The van der Waals surface area contributed by atoms with Crippen LogP contribution in [0.3, 0.4) is 0 Å². The Hall–Kier alpha value is -0.203. The minimum Gasteiger partial charge on any atom is -0.418 e. The molecular weight excluding hydrogens is 428 g/mol. The average Bonchev–Trinajstić information content (AvgIpc) is 3.63. The van der Waals surface area contributed by atoms with Crippen LogP contribution in [0.1, 0.15) is 65.2 Å². The molecule has 0 amide bonds. The second-order valence-electron chi connectivity index (χ2n) is 14.2. The first-order valence-electron chi connectivity index (χ1n) is 13.7. The highest BCUT2D eigenvalue weighted by Gasteiger charge is 2.80. The molecule has 6 aliphatic carbocycles. The summed E-state index contributed by atoms with van der Waals surface area (Å²) in [7, 11) is 0.503. The maximum atomic E-state index is 11.9. The van der Waals surface area contributed by atoms with Gasteiger partial charge in [0.1, 0.15) is 0 Å². The van der Waals surface area contributed by atoms with E-state index in [1.54, 1.807) is 0 Å². The van der Waals surface area contributed by atoms with Crippen molar-refractivity contribution >= 4 is 8.32 Å². The van der Waals surface area contributed by atoms with Crippen molar-refractivity contribution in [1.82, 2.24) is 0 Å². The second-order valence-corrected chi connectivity index (χ2v) is 18.7. The first kappa shape index (κ1) is 23.2. The molecule has 5 fully saturated rings. The van der Waals surface area contributed by atoms with Crippen molar-refractivity contribution in [3.63, 3.8) is 0 Å². The van der Waals surface area contributed by atoms with Crippen LogP contribution in [0.15, 0.2) is 11.6 Å². The molecule has 6 rings (SSSR count). The highest BCUT2D eigenvalue weighted by atomic mass is 28.4. The van der Waals surface area contributed by atoms with E-state index in [-0.39, 0.29) is 22.5 Å². The van der Waals surface area contributed by atoms with Crippen molar-refractivity contribution < 1.29 is 19.4 Å². The predicted octanol–water partition coefficient (Wildman–Crippen LogP) is 5.15. The molecule has 0 aromatic heterocycles. The van der Waals surface area contributed by atoms with Crippen molar-refractivity contribution in [3.05, 3.63) is 11.6 Å². The van der Waals surface area contributed by atoms with Gasteiger partial charge in [0.25, 0.3) is 0 Å². The summed E-state index contributed by atoms with van der Waals surface area (Å²) in [6, 6.07) is 0. The van der Waals surface area contributed by atoms with E-state index in [0.717, 1.165) is 38.2 Å². The summed E-state index contributed by atoms with van der Waals surface area (Å²) >= 11 is 0. The Morgan fingerprint density at radius 1 is 1.09 bits per heavy atom. The number of rotatable bonds is 6. The van der Waals surface area contributed by atoms with E-state index in [4.69, 9.17) is 9.16 Å². The smallest absolute Gasteiger partial charge is 0.183 e. The highest BCUT2D eigenvalue weighted by Crippen LogP contribution is 2.81. The summed E-state index contributed by atoms with van der Waals surface area (Å²) in [5.41, 5.74) is 0.619. The lowest BCUT2D eigenvalue weighted by Gasteiger charge is -2.65. The van der Waals surface area contributed by atoms with Crippen LogP contribution in [0.4, 0.5) is 0 Å². The number of ether oxygens (including phenoxy) is 1. The molecule has 0 aliphatic heterocycles. The maximum absolute atomic E-state index is 11.9. The molecule has 4 nitrogen and oxygen atoms in total. The van der Waals surface area contributed by atoms with Crippen molar-refractivity contribution in [2.45, 2.75) is 102 Å². The van der Waals surface area contributed by atoms with Gasteiger partial charge in [0.2, 0.25) is 0 Å². The van der Waals surface area contributed by atoms with Crippen LogP contribution >= 0.6 is 0 Å². The van der Waals surface area contributed by atoms with E-state index in [1.807, 2.05) is 7.11 Å². The molecule has 11 atom stereocenters. The van der Waals surface area contributed by atoms with Gasteiger partial charge in [-0.15, -0.1) is 0 Å². The van der Waals surface area contributed by atoms with Gasteiger partial charge in [-0.2, -0.15) is 0 Å². The lowest BCUT2D eigenvalue weighted by molar-refractivity contribution is -0.213. The number of aliphatic hydroxyl groups excluding tert-OH is 1. The molecule has 0 heterocycles. The largest absolute Gasteiger partial charge is 0.418 e. The normalized spacial score (nSPS) is 56.1. The lowest BCUT2D eigenvalue weighted by atomic mass is 9.42. The number of allylic oxidation sites excluding steroid dienone is 1. The van der Waals surface area contributed by atoms with E-state index in [9.17, 15) is 10.2 Å². The quantitative estimate of drug-likeness (QED) is 0.317. The SMILES string of the molecule is COC1(CCCO[Si](C)(C)C)C2CC2C2C3C4C=C4C4(O)CC(O)CCC4(C)C3CCC21C. The van der Waals surface area contributed by atoms with Gasteiger partial charge < -0.3 is 19.4 Å². The molecule has 5 heteroatoms. The maximum Gasteiger partial charge on any atom is 0.183 e. The molecule has 186 valence electrons. The molecule has 2 N–H and O–H groups in total. The third-order valence-corrected chi connectivity index (χ3v) is 12.9. The summed E-state index contributed by atoms with van der Waals surface area (Å²) < 4.78 is 12.8. The Bertz CT molecular complexity index is 866. The van der Waals surface area contributed by atoms with Crippen LogP contribution in [-0.2, 0) is 9.16 Å². The summed E-state index contributed by atoms with van der Waals surface area (Å²) in [6.45, 7) is 12.6. The summed E-state index contributed by atoms with van der Waals surface area (Å²) in [4.78, 5) is 0. The molecule has 0 aromatic carbocycles. The molecule has 0 saturated heterocycles. The van der Waals surface area contributed by atoms with Gasteiger partial charge in [-0.05, 0) is 99.7 Å². The minimum absolute atomic E-state index is 0.0113. The van der Waals surface area contributed by atoms with E-state index >= 15 is 0 Å². The number of hydrogen-bond acceptors (Lipinski definition) is 4. The minimum atomic E-state index is -1.48. The highest BCUT2D eigenvalue weighted by molar-refractivity contribution is 6.69. The van der Waals surface area contributed by atoms with Crippen molar-refractivity contribution in [2.24, 2.45) is 46.3 Å². The fourth-order valence-electron chi connectivity index (χ4n) is 10.4. The van der Waals surface area contributed by atoms with Crippen LogP contribution in [0, 0.1) is 46.3 Å². The van der Waals surface area contributed by atoms with Gasteiger partial charge >= 0.3 is 0 Å². The van der Waals surface area contributed by atoms with E-state index in [1.165, 1.54) is 24.8 Å². The van der Waals surface area contributed by atoms with Gasteiger partial charge in [0, 0.05) is 36.9 Å². The molecule has 6 aliphatic rings. The predicted molar refractivity (Wildman–Crippen MR) is 132 cm³/mol. The average molecular weight is 475 g/mol. The lowest BCUT2D eigenvalue weighted by Crippen LogP contribution is -2.65. The monoisotopic (exact) mass is 474 g/mol. The number of methoxy groups -OCH3 is 1. The third-order valence-electron chi connectivity index (χ3n) is 11.8. The Morgan fingerprint density at radius 2 is 1.82 bits per heavy atom. The van der Waals surface area contributed by atoms with Crippen molar-refractivity contribution in [3.8, 4) is 0 Å². The van der Waals surface area contributed by atoms with Gasteiger partial charge in [-0.1, -0.05) is 19.9 Å². The van der Waals surface area contributed by atoms with Crippen LogP contribution < -0.4 is 0 Å². The molecule has 0 bridgehead atoms. The Kier molecular flexibility index (Phi) is 4.90. The van der Waals surface area contributed by atoms with E-state index in [2.05, 4.69) is 39.6 Å². The summed E-state index contributed by atoms with van der Waals surface area (Å²) in [5.74, 6) is 3.87. The topological polar surface area (TPSA) is 58.9 Å². The third kappa shape index (κ3) is 2.89. The van der Waals surface area contributed by atoms with Gasteiger partial charge in [-0.25, -0.2) is 0 Å². The molecular formula is C28H46O4Si. The zero-order valence-corrected chi connectivity index (χ0v) is 22.7. The van der Waals surface area contributed by atoms with E-state index in [0.29, 0.717) is 36.0 Å². The van der Waals surface area contributed by atoms with Gasteiger partial charge in [0.05, 0.1) is 17.3 Å². The summed E-state index contributed by atoms with van der Waals surface area (Å²) in [5, 5.41) is 22.4. The number of hydrogen-bond donors (Lipinski definition) is 2. The number of aliphatic hydroxyl groups is 2. The van der Waals surface area contributed by atoms with Gasteiger partial charge in [0.15, 0.2) is 8.32 Å². The Morgan fingerprint density at radius 3 is 2.52 bits per heavy atom. The molecule has 33 heavy (non-hydrogen) atoms.